The summed E-state index contributed by atoms with van der Waals surface area (Å²) in [6, 6.07) is 5.75. The lowest BCUT2D eigenvalue weighted by Crippen LogP contribution is -2.50. The minimum absolute atomic E-state index is 0.120. The van der Waals surface area contributed by atoms with Crippen molar-refractivity contribution in [3.63, 3.8) is 0 Å². The third kappa shape index (κ3) is 5.14. The molecule has 2 aromatic heterocycles. The molecule has 0 aliphatic carbocycles. The number of carbonyl (C=O) groups is 2. The van der Waals surface area contributed by atoms with E-state index in [9.17, 15) is 9.59 Å². The van der Waals surface area contributed by atoms with Gasteiger partial charge in [0.1, 0.15) is 5.76 Å². The number of aromatic nitrogens is 1. The number of aryl methyl sites for hydroxylation is 2. The number of nitrogens with one attached hydrogen (secondary N) is 1. The molecular formula is C17H22N4O3S. The van der Waals surface area contributed by atoms with Crippen LogP contribution in [-0.2, 0) is 16.0 Å². The van der Waals surface area contributed by atoms with Crippen LogP contribution < -0.4 is 5.32 Å². The Morgan fingerprint density at radius 2 is 2.12 bits per heavy atom. The predicted molar refractivity (Wildman–Crippen MR) is 95.5 cm³/mol. The number of hydrogen-bond acceptors (Lipinski definition) is 6. The van der Waals surface area contributed by atoms with E-state index in [4.69, 9.17) is 4.52 Å². The number of carbonyl (C=O) groups excluding carboxylic acids is 2. The average Bonchev–Trinajstić information content (AvgIpc) is 3.25. The minimum atomic E-state index is -0.120. The second kappa shape index (κ2) is 8.26. The Morgan fingerprint density at radius 1 is 1.32 bits per heavy atom. The largest absolute Gasteiger partial charge is 0.360 e. The molecule has 2 amide bonds. The molecule has 7 nitrogen and oxygen atoms in total. The summed E-state index contributed by atoms with van der Waals surface area (Å²) in [7, 11) is 0. The molecule has 0 bridgehead atoms. The SMILES string of the molecule is Cc1cc(NC(=O)CN2CCN(C(=O)CCc3cccs3)CC2)no1. The van der Waals surface area contributed by atoms with Crippen molar-refractivity contribution in [2.45, 2.75) is 19.8 Å². The number of piperazine rings is 1. The van der Waals surface area contributed by atoms with Crippen LogP contribution in [0.2, 0.25) is 0 Å². The van der Waals surface area contributed by atoms with Crippen molar-refractivity contribution in [3.8, 4) is 0 Å². The van der Waals surface area contributed by atoms with Crippen molar-refractivity contribution in [1.82, 2.24) is 15.0 Å². The number of amides is 2. The first-order valence-electron chi connectivity index (χ1n) is 8.36. The van der Waals surface area contributed by atoms with Crippen LogP contribution in [0.1, 0.15) is 17.1 Å². The summed E-state index contributed by atoms with van der Waals surface area (Å²) >= 11 is 1.69. The van der Waals surface area contributed by atoms with E-state index in [1.165, 1.54) is 4.88 Å². The van der Waals surface area contributed by atoms with Crippen LogP contribution in [0.15, 0.2) is 28.1 Å². The van der Waals surface area contributed by atoms with E-state index in [1.54, 1.807) is 24.3 Å². The molecule has 8 heteroatoms. The van der Waals surface area contributed by atoms with Gasteiger partial charge >= 0.3 is 0 Å². The molecule has 0 unspecified atom stereocenters. The van der Waals surface area contributed by atoms with Crippen molar-refractivity contribution >= 4 is 29.0 Å². The zero-order valence-electron chi connectivity index (χ0n) is 14.2. The molecule has 3 rings (SSSR count). The van der Waals surface area contributed by atoms with E-state index in [0.717, 1.165) is 6.42 Å². The highest BCUT2D eigenvalue weighted by molar-refractivity contribution is 7.09. The first-order valence-corrected chi connectivity index (χ1v) is 9.24. The Morgan fingerprint density at radius 3 is 2.76 bits per heavy atom. The van der Waals surface area contributed by atoms with Crippen molar-refractivity contribution in [2.24, 2.45) is 0 Å². The third-order valence-corrected chi connectivity index (χ3v) is 5.09. The summed E-state index contributed by atoms with van der Waals surface area (Å²) in [4.78, 5) is 29.5. The summed E-state index contributed by atoms with van der Waals surface area (Å²) in [6.07, 6.45) is 1.35. The van der Waals surface area contributed by atoms with Crippen LogP contribution in [0, 0.1) is 6.92 Å². The van der Waals surface area contributed by atoms with E-state index in [0.29, 0.717) is 50.7 Å². The predicted octanol–water partition coefficient (Wildman–Crippen LogP) is 1.76. The quantitative estimate of drug-likeness (QED) is 0.847. The van der Waals surface area contributed by atoms with Crippen LogP contribution in [-0.4, -0.2) is 59.5 Å². The summed E-state index contributed by atoms with van der Waals surface area (Å²) in [6.45, 7) is 4.81. The lowest BCUT2D eigenvalue weighted by Gasteiger charge is -2.34. The Balaban J connectivity index is 1.37. The van der Waals surface area contributed by atoms with Gasteiger partial charge < -0.3 is 14.7 Å². The fraction of sp³-hybridized carbons (Fsp3) is 0.471. The van der Waals surface area contributed by atoms with Crippen molar-refractivity contribution in [2.75, 3.05) is 38.0 Å². The molecule has 3 heterocycles. The topological polar surface area (TPSA) is 78.7 Å². The lowest BCUT2D eigenvalue weighted by atomic mass is 10.2. The number of hydrogen-bond donors (Lipinski definition) is 1. The normalized spacial score (nSPS) is 15.3. The highest BCUT2D eigenvalue weighted by Crippen LogP contribution is 2.13. The van der Waals surface area contributed by atoms with Gasteiger partial charge in [0.2, 0.25) is 11.8 Å². The number of anilines is 1. The monoisotopic (exact) mass is 362 g/mol. The zero-order chi connectivity index (χ0) is 17.6. The van der Waals surface area contributed by atoms with Gasteiger partial charge in [0.25, 0.3) is 0 Å². The van der Waals surface area contributed by atoms with E-state index >= 15 is 0 Å². The standard InChI is InChI=1S/C17H22N4O3S/c1-13-11-15(19-24-13)18-16(22)12-20-6-8-21(9-7-20)17(23)5-4-14-3-2-10-25-14/h2-3,10-11H,4-9,12H2,1H3,(H,18,19,22). The molecule has 0 spiro atoms. The van der Waals surface area contributed by atoms with E-state index in [-0.39, 0.29) is 11.8 Å². The molecule has 25 heavy (non-hydrogen) atoms. The highest BCUT2D eigenvalue weighted by atomic mass is 32.1. The second-order valence-electron chi connectivity index (χ2n) is 6.11. The number of thiophene rings is 1. The first kappa shape index (κ1) is 17.6. The van der Waals surface area contributed by atoms with Gasteiger partial charge in [-0.05, 0) is 24.8 Å². The summed E-state index contributed by atoms with van der Waals surface area (Å²) in [5.41, 5.74) is 0. The van der Waals surface area contributed by atoms with Gasteiger partial charge in [0.05, 0.1) is 6.54 Å². The Bertz CT molecular complexity index is 705. The van der Waals surface area contributed by atoms with Crippen molar-refractivity contribution < 1.29 is 14.1 Å². The molecule has 1 saturated heterocycles. The molecule has 1 aliphatic heterocycles. The van der Waals surface area contributed by atoms with Crippen LogP contribution >= 0.6 is 11.3 Å². The second-order valence-corrected chi connectivity index (χ2v) is 7.14. The van der Waals surface area contributed by atoms with E-state index in [2.05, 4.69) is 16.5 Å². The molecule has 0 radical (unpaired) electrons. The van der Waals surface area contributed by atoms with Gasteiger partial charge in [-0.1, -0.05) is 11.2 Å². The average molecular weight is 362 g/mol. The molecule has 1 fully saturated rings. The molecule has 0 saturated carbocycles. The van der Waals surface area contributed by atoms with Gasteiger partial charge in [-0.3, -0.25) is 14.5 Å². The Hall–Kier alpha value is -2.19. The fourth-order valence-corrected chi connectivity index (χ4v) is 3.52. The molecule has 0 atom stereocenters. The maximum Gasteiger partial charge on any atom is 0.239 e. The van der Waals surface area contributed by atoms with E-state index in [1.807, 2.05) is 21.2 Å². The van der Waals surface area contributed by atoms with Crippen LogP contribution in [0.4, 0.5) is 5.82 Å². The molecular weight excluding hydrogens is 340 g/mol. The van der Waals surface area contributed by atoms with Crippen molar-refractivity contribution in [1.29, 1.82) is 0 Å². The smallest absolute Gasteiger partial charge is 0.239 e. The summed E-state index contributed by atoms with van der Waals surface area (Å²) in [5, 5.41) is 8.49. The maximum absolute atomic E-state index is 12.3. The van der Waals surface area contributed by atoms with E-state index < -0.39 is 0 Å². The van der Waals surface area contributed by atoms with Gasteiger partial charge in [0.15, 0.2) is 5.82 Å². The third-order valence-electron chi connectivity index (χ3n) is 4.15. The molecule has 0 aromatic carbocycles. The van der Waals surface area contributed by atoms with Crippen LogP contribution in [0.5, 0.6) is 0 Å². The zero-order valence-corrected chi connectivity index (χ0v) is 15.1. The van der Waals surface area contributed by atoms with Gasteiger partial charge in [-0.25, -0.2) is 0 Å². The number of rotatable bonds is 6. The minimum Gasteiger partial charge on any atom is -0.360 e. The lowest BCUT2D eigenvalue weighted by molar-refractivity contribution is -0.133. The highest BCUT2D eigenvalue weighted by Gasteiger charge is 2.22. The summed E-state index contributed by atoms with van der Waals surface area (Å²) < 4.78 is 4.92. The molecule has 1 N–H and O–H groups in total. The fourth-order valence-electron chi connectivity index (χ4n) is 2.81. The van der Waals surface area contributed by atoms with Crippen LogP contribution in [0.25, 0.3) is 0 Å². The summed E-state index contributed by atoms with van der Waals surface area (Å²) in [5.74, 6) is 1.16. The molecule has 1 aliphatic rings. The number of nitrogens with zero attached hydrogens (tertiary/aromatic N) is 3. The van der Waals surface area contributed by atoms with Crippen LogP contribution in [0.3, 0.4) is 0 Å². The van der Waals surface area contributed by atoms with Gasteiger partial charge in [-0.2, -0.15) is 0 Å². The van der Waals surface area contributed by atoms with Gasteiger partial charge in [0, 0.05) is 43.5 Å². The first-order chi connectivity index (χ1) is 12.1. The molecule has 2 aromatic rings. The van der Waals surface area contributed by atoms with Gasteiger partial charge in [-0.15, -0.1) is 11.3 Å². The van der Waals surface area contributed by atoms with Crippen molar-refractivity contribution in [3.05, 3.63) is 34.2 Å². The maximum atomic E-state index is 12.3. The Labute approximate surface area is 150 Å². The Kier molecular flexibility index (Phi) is 5.83. The molecule has 134 valence electrons.